The van der Waals surface area contributed by atoms with E-state index in [0.717, 1.165) is 51.8 Å². The predicted octanol–water partition coefficient (Wildman–Crippen LogP) is 6.34. The Labute approximate surface area is 201 Å². The van der Waals surface area contributed by atoms with Crippen molar-refractivity contribution < 1.29 is 0 Å². The number of halogens is 1. The molecule has 1 atom stereocenters. The number of nitrogens with one attached hydrogen (secondary N) is 1. The molecule has 1 N–H and O–H groups in total. The van der Waals surface area contributed by atoms with E-state index < -0.39 is 0 Å². The van der Waals surface area contributed by atoms with Crippen molar-refractivity contribution in [2.45, 2.75) is 64.6 Å². The van der Waals surface area contributed by atoms with Crippen LogP contribution < -0.4 is 5.32 Å². The summed E-state index contributed by atoms with van der Waals surface area (Å²) in [5.74, 6) is 2.92. The maximum atomic E-state index is 6.06. The third-order valence-electron chi connectivity index (χ3n) is 8.59. The molecule has 0 saturated heterocycles. The van der Waals surface area contributed by atoms with Crippen LogP contribution in [0, 0.1) is 23.2 Å². The van der Waals surface area contributed by atoms with Gasteiger partial charge in [-0.05, 0) is 86.3 Å². The summed E-state index contributed by atoms with van der Waals surface area (Å²) in [4.78, 5) is 1.83. The Morgan fingerprint density at radius 3 is 2.21 bits per heavy atom. The lowest BCUT2D eigenvalue weighted by Crippen LogP contribution is -2.54. The van der Waals surface area contributed by atoms with E-state index in [2.05, 4.69) is 42.6 Å². The van der Waals surface area contributed by atoms with Crippen LogP contribution in [0.15, 0.2) is 54.6 Å². The van der Waals surface area contributed by atoms with Gasteiger partial charge in [0.1, 0.15) is 11.4 Å². The summed E-state index contributed by atoms with van der Waals surface area (Å²) >= 11 is 6.06. The van der Waals surface area contributed by atoms with Crippen LogP contribution >= 0.6 is 11.6 Å². The van der Waals surface area contributed by atoms with Crippen molar-refractivity contribution in [3.8, 4) is 11.3 Å². The second-order valence-corrected chi connectivity index (χ2v) is 11.3. The highest BCUT2D eigenvalue weighted by Crippen LogP contribution is 2.61. The molecule has 0 radical (unpaired) electrons. The minimum absolute atomic E-state index is 0.487. The Balaban J connectivity index is 1.22. The van der Waals surface area contributed by atoms with E-state index in [0.29, 0.717) is 18.0 Å². The SMILES string of the molecule is C[C@H](NCc1nn(Cc2ccc(Cl)cc2)nc1-c1ccccc1)C12CC3CC(CC(C3)C1)C2. The first-order chi connectivity index (χ1) is 16.1. The van der Waals surface area contributed by atoms with Crippen molar-refractivity contribution >= 4 is 11.6 Å². The number of hydrogen-bond donors (Lipinski definition) is 1. The van der Waals surface area contributed by atoms with Crippen LogP contribution in [0.25, 0.3) is 11.3 Å². The molecule has 4 bridgehead atoms. The maximum absolute atomic E-state index is 6.06. The van der Waals surface area contributed by atoms with Crippen LogP contribution in [0.1, 0.15) is 56.7 Å². The third-order valence-corrected chi connectivity index (χ3v) is 8.84. The number of rotatable bonds is 7. The lowest BCUT2D eigenvalue weighted by Gasteiger charge is -2.59. The zero-order valence-corrected chi connectivity index (χ0v) is 20.1. The van der Waals surface area contributed by atoms with E-state index in [-0.39, 0.29) is 0 Å². The highest BCUT2D eigenvalue weighted by molar-refractivity contribution is 6.30. The molecular weight excluding hydrogens is 428 g/mol. The fourth-order valence-corrected chi connectivity index (χ4v) is 7.45. The van der Waals surface area contributed by atoms with Crippen molar-refractivity contribution in [2.75, 3.05) is 0 Å². The summed E-state index contributed by atoms with van der Waals surface area (Å²) in [6.07, 6.45) is 8.72. The number of nitrogens with zero attached hydrogens (tertiary/aromatic N) is 3. The molecule has 2 aromatic carbocycles. The molecule has 1 aromatic heterocycles. The van der Waals surface area contributed by atoms with Crippen LogP contribution in [0.3, 0.4) is 0 Å². The molecule has 4 aliphatic carbocycles. The van der Waals surface area contributed by atoms with E-state index in [1.54, 1.807) is 0 Å². The first-order valence-electron chi connectivity index (χ1n) is 12.5. The molecule has 4 saturated carbocycles. The smallest absolute Gasteiger partial charge is 0.117 e. The zero-order valence-electron chi connectivity index (χ0n) is 19.4. The summed E-state index contributed by atoms with van der Waals surface area (Å²) in [6, 6.07) is 18.9. The quantitative estimate of drug-likeness (QED) is 0.447. The topological polar surface area (TPSA) is 42.7 Å². The van der Waals surface area contributed by atoms with Crippen molar-refractivity contribution in [1.29, 1.82) is 0 Å². The summed E-state index contributed by atoms with van der Waals surface area (Å²) < 4.78 is 0. The Kier molecular flexibility index (Phi) is 5.54. The van der Waals surface area contributed by atoms with Gasteiger partial charge in [0, 0.05) is 23.2 Å². The summed E-state index contributed by atoms with van der Waals surface area (Å²) in [5.41, 5.74) is 4.78. The van der Waals surface area contributed by atoms with Gasteiger partial charge in [0.25, 0.3) is 0 Å². The Hall–Kier alpha value is -2.17. The normalized spacial score (nSPS) is 28.8. The summed E-state index contributed by atoms with van der Waals surface area (Å²) in [5, 5.41) is 14.5. The van der Waals surface area contributed by atoms with Gasteiger partial charge in [-0.25, -0.2) is 0 Å². The maximum Gasteiger partial charge on any atom is 0.117 e. The van der Waals surface area contributed by atoms with E-state index in [9.17, 15) is 0 Å². The predicted molar refractivity (Wildman–Crippen MR) is 133 cm³/mol. The highest BCUT2D eigenvalue weighted by atomic mass is 35.5. The fraction of sp³-hybridized carbons (Fsp3) is 0.500. The molecule has 0 amide bonds. The zero-order chi connectivity index (χ0) is 22.4. The molecule has 3 aromatic rings. The minimum Gasteiger partial charge on any atom is -0.308 e. The van der Waals surface area contributed by atoms with Crippen LogP contribution in [0.2, 0.25) is 5.02 Å². The van der Waals surface area contributed by atoms with E-state index >= 15 is 0 Å². The molecule has 7 rings (SSSR count). The lowest BCUT2D eigenvalue weighted by molar-refractivity contribution is -0.0707. The molecule has 0 aliphatic heterocycles. The van der Waals surface area contributed by atoms with Crippen molar-refractivity contribution in [3.63, 3.8) is 0 Å². The molecule has 0 unspecified atom stereocenters. The van der Waals surface area contributed by atoms with Gasteiger partial charge >= 0.3 is 0 Å². The molecule has 5 heteroatoms. The highest BCUT2D eigenvalue weighted by Gasteiger charge is 2.52. The van der Waals surface area contributed by atoms with Gasteiger partial charge in [0.05, 0.1) is 6.54 Å². The molecule has 4 nitrogen and oxygen atoms in total. The largest absolute Gasteiger partial charge is 0.308 e. The Morgan fingerprint density at radius 2 is 1.58 bits per heavy atom. The number of hydrogen-bond acceptors (Lipinski definition) is 3. The molecule has 4 fully saturated rings. The minimum atomic E-state index is 0.487. The average molecular weight is 461 g/mol. The van der Waals surface area contributed by atoms with Gasteiger partial charge in [-0.3, -0.25) is 0 Å². The molecule has 4 aliphatic rings. The van der Waals surface area contributed by atoms with Crippen molar-refractivity contribution in [1.82, 2.24) is 20.3 Å². The first kappa shape index (κ1) is 21.4. The van der Waals surface area contributed by atoms with Gasteiger partial charge in [-0.15, -0.1) is 0 Å². The van der Waals surface area contributed by atoms with Gasteiger partial charge in [0.15, 0.2) is 0 Å². The first-order valence-corrected chi connectivity index (χ1v) is 12.9. The monoisotopic (exact) mass is 460 g/mol. The molecule has 172 valence electrons. The fourth-order valence-electron chi connectivity index (χ4n) is 7.32. The molecular formula is C28H33ClN4. The third kappa shape index (κ3) is 4.24. The number of benzene rings is 2. The van der Waals surface area contributed by atoms with Gasteiger partial charge in [-0.2, -0.15) is 15.0 Å². The second-order valence-electron chi connectivity index (χ2n) is 10.9. The summed E-state index contributed by atoms with van der Waals surface area (Å²) in [7, 11) is 0. The average Bonchev–Trinajstić information content (AvgIpc) is 3.21. The van der Waals surface area contributed by atoms with Crippen LogP contribution in [0.4, 0.5) is 0 Å². The van der Waals surface area contributed by atoms with Gasteiger partial charge in [0.2, 0.25) is 0 Å². The van der Waals surface area contributed by atoms with Crippen molar-refractivity contribution in [2.24, 2.45) is 23.2 Å². The molecule has 1 heterocycles. The van der Waals surface area contributed by atoms with E-state index in [1.165, 1.54) is 38.5 Å². The van der Waals surface area contributed by atoms with Gasteiger partial charge in [-0.1, -0.05) is 54.1 Å². The number of aromatic nitrogens is 3. The van der Waals surface area contributed by atoms with Crippen LogP contribution in [-0.4, -0.2) is 21.0 Å². The molecule has 33 heavy (non-hydrogen) atoms. The Morgan fingerprint density at radius 1 is 0.939 bits per heavy atom. The van der Waals surface area contributed by atoms with Crippen LogP contribution in [0.5, 0.6) is 0 Å². The molecule has 0 spiro atoms. The van der Waals surface area contributed by atoms with Crippen LogP contribution in [-0.2, 0) is 13.1 Å². The van der Waals surface area contributed by atoms with Crippen molar-refractivity contribution in [3.05, 3.63) is 70.9 Å². The van der Waals surface area contributed by atoms with E-state index in [4.69, 9.17) is 21.8 Å². The standard InChI is InChI=1S/C28H33ClN4/c1-19(28-14-21-11-22(15-28)13-23(12-21)16-28)30-17-26-27(24-5-3-2-4-6-24)32-33(31-26)18-20-7-9-25(29)10-8-20/h2-10,19,21-23,30H,11-18H2,1H3/t19-,21?,22?,23?,28?/m0/s1. The van der Waals surface area contributed by atoms with E-state index in [1.807, 2.05) is 29.1 Å². The second kappa shape index (κ2) is 8.56. The Bertz CT molecular complexity index is 1070. The lowest BCUT2D eigenvalue weighted by atomic mass is 9.48. The summed E-state index contributed by atoms with van der Waals surface area (Å²) in [6.45, 7) is 3.82. The van der Waals surface area contributed by atoms with Gasteiger partial charge < -0.3 is 5.32 Å².